The fraction of sp³-hybridized carbons (Fsp3) is 0.806. The lowest BCUT2D eigenvalue weighted by Gasteiger charge is -2.63. The van der Waals surface area contributed by atoms with Gasteiger partial charge in [0, 0.05) is 25.4 Å². The van der Waals surface area contributed by atoms with E-state index in [1.165, 1.54) is 25.7 Å². The van der Waals surface area contributed by atoms with E-state index in [0.29, 0.717) is 47.6 Å². The topological polar surface area (TPSA) is 70.0 Å². The fourth-order valence-corrected chi connectivity index (χ4v) is 12.9. The third-order valence-corrected chi connectivity index (χ3v) is 14.9. The van der Waals surface area contributed by atoms with Crippen molar-refractivity contribution < 1.29 is 19.7 Å². The van der Waals surface area contributed by atoms with Gasteiger partial charge in [-0.1, -0.05) is 65.0 Å². The van der Waals surface area contributed by atoms with Gasteiger partial charge >= 0.3 is 0 Å². The van der Waals surface area contributed by atoms with Gasteiger partial charge < -0.3 is 19.8 Å². The van der Waals surface area contributed by atoms with Gasteiger partial charge in [-0.3, -0.25) is 4.79 Å². The lowest BCUT2D eigenvalue weighted by atomic mass is 9.41. The van der Waals surface area contributed by atoms with Crippen molar-refractivity contribution in [2.45, 2.75) is 124 Å². The van der Waals surface area contributed by atoms with Gasteiger partial charge in [0.05, 0.1) is 24.4 Å². The number of hydrogen-bond donors (Lipinski definition) is 2. The highest BCUT2D eigenvalue weighted by Crippen LogP contribution is 2.89. The van der Waals surface area contributed by atoms with E-state index in [4.69, 9.17) is 4.74 Å². The molecule has 1 aromatic rings. The van der Waals surface area contributed by atoms with Crippen LogP contribution in [0.4, 0.5) is 0 Å². The average molecular weight is 564 g/mol. The largest absolute Gasteiger partial charge is 0.393 e. The van der Waals surface area contributed by atoms with Crippen LogP contribution in [0.25, 0.3) is 0 Å². The Hall–Kier alpha value is -1.43. The maximum absolute atomic E-state index is 12.7. The summed E-state index contributed by atoms with van der Waals surface area (Å²) < 4.78 is 6.94. The zero-order chi connectivity index (χ0) is 29.2. The van der Waals surface area contributed by atoms with E-state index in [1.54, 1.807) is 6.92 Å². The van der Waals surface area contributed by atoms with Crippen LogP contribution in [0.2, 0.25) is 0 Å². The number of ether oxygens (including phenoxy) is 1. The summed E-state index contributed by atoms with van der Waals surface area (Å²) in [6.07, 6.45) is 8.19. The minimum atomic E-state index is -0.485. The molecule has 226 valence electrons. The summed E-state index contributed by atoms with van der Waals surface area (Å²) in [5.74, 6) is 1.95. The van der Waals surface area contributed by atoms with Gasteiger partial charge in [0.2, 0.25) is 5.91 Å². The molecular formula is C36H53NO4. The molecule has 1 aromatic carbocycles. The first-order chi connectivity index (χ1) is 19.3. The molecule has 41 heavy (non-hydrogen) atoms. The summed E-state index contributed by atoms with van der Waals surface area (Å²) in [6, 6.07) is 10.2. The van der Waals surface area contributed by atoms with Gasteiger partial charge in [0.15, 0.2) is 0 Å². The second-order valence-corrected chi connectivity index (χ2v) is 16.5. The lowest BCUT2D eigenvalue weighted by molar-refractivity contribution is -0.182. The van der Waals surface area contributed by atoms with Crippen molar-refractivity contribution in [3.63, 3.8) is 0 Å². The van der Waals surface area contributed by atoms with Crippen LogP contribution in [0.15, 0.2) is 30.3 Å². The Bertz CT molecular complexity index is 1200. The van der Waals surface area contributed by atoms with Gasteiger partial charge in [0.1, 0.15) is 0 Å². The molecule has 1 heterocycles. The Morgan fingerprint density at radius 3 is 2.37 bits per heavy atom. The van der Waals surface area contributed by atoms with Crippen molar-refractivity contribution in [2.24, 2.45) is 50.7 Å². The van der Waals surface area contributed by atoms with Crippen molar-refractivity contribution >= 4 is 5.91 Å². The van der Waals surface area contributed by atoms with Crippen LogP contribution in [0, 0.1) is 50.7 Å². The number of fused-ring (bicyclic) bond motifs is 4. The quantitative estimate of drug-likeness (QED) is 0.457. The number of amides is 1. The molecule has 0 bridgehead atoms. The van der Waals surface area contributed by atoms with E-state index >= 15 is 0 Å². The standard InChI is InChI=1S/C36H53NO4/c1-22-18-25(20-37(23(2)38)19-24-10-8-7-9-11-24)41-30-29(22)33(5)16-17-36-21-35(36)15-14-28(39)32(3,4)26(35)12-13-27(36)34(33,6)31(30)40/h7-11,22,25-31,39-40H,12-21H2,1-6H3/t22-,25?,26+,27?,28?,29+,30?,31+,33?,34-,35?,36?/m1/s1. The van der Waals surface area contributed by atoms with Crippen LogP contribution in [-0.4, -0.2) is 52.0 Å². The second-order valence-electron chi connectivity index (χ2n) is 16.5. The third-order valence-electron chi connectivity index (χ3n) is 14.9. The van der Waals surface area contributed by atoms with Crippen molar-refractivity contribution in [2.75, 3.05) is 6.54 Å². The van der Waals surface area contributed by atoms with Crippen LogP contribution in [0.1, 0.15) is 98.5 Å². The Kier molecular flexibility index (Phi) is 6.26. The van der Waals surface area contributed by atoms with Gasteiger partial charge in [-0.05, 0) is 102 Å². The molecule has 7 rings (SSSR count). The number of rotatable bonds is 4. The number of hydrogen-bond acceptors (Lipinski definition) is 4. The van der Waals surface area contributed by atoms with Gasteiger partial charge in [-0.25, -0.2) is 0 Å². The zero-order valence-electron chi connectivity index (χ0n) is 26.2. The highest BCUT2D eigenvalue weighted by Gasteiger charge is 2.84. The van der Waals surface area contributed by atoms with Gasteiger partial charge in [-0.15, -0.1) is 0 Å². The fourth-order valence-electron chi connectivity index (χ4n) is 12.9. The van der Waals surface area contributed by atoms with Crippen LogP contribution in [0.3, 0.4) is 0 Å². The zero-order valence-corrected chi connectivity index (χ0v) is 26.2. The lowest BCUT2D eigenvalue weighted by Crippen LogP contribution is -2.59. The molecule has 5 heteroatoms. The van der Waals surface area contributed by atoms with Crippen molar-refractivity contribution in [3.8, 4) is 0 Å². The Balaban J connectivity index is 1.16. The molecule has 6 fully saturated rings. The second kappa shape index (κ2) is 9.05. The molecule has 12 atom stereocenters. The first-order valence-corrected chi connectivity index (χ1v) is 16.6. The minimum absolute atomic E-state index is 0.0240. The summed E-state index contributed by atoms with van der Waals surface area (Å²) in [5, 5.41) is 23.4. The van der Waals surface area contributed by atoms with E-state index in [9.17, 15) is 15.0 Å². The third kappa shape index (κ3) is 3.55. The van der Waals surface area contributed by atoms with Crippen LogP contribution in [0.5, 0.6) is 0 Å². The first-order valence-electron chi connectivity index (χ1n) is 16.6. The molecule has 2 N–H and O–H groups in total. The molecular weight excluding hydrogens is 510 g/mol. The molecule has 0 radical (unpaired) electrons. The van der Waals surface area contributed by atoms with Crippen molar-refractivity contribution in [1.82, 2.24) is 4.90 Å². The van der Waals surface area contributed by atoms with Crippen LogP contribution >= 0.6 is 0 Å². The van der Waals surface area contributed by atoms with E-state index in [2.05, 4.69) is 46.8 Å². The molecule has 2 spiro atoms. The maximum Gasteiger partial charge on any atom is 0.219 e. The number of carbonyl (C=O) groups excluding carboxylic acids is 1. The molecule has 1 aliphatic heterocycles. The highest BCUT2D eigenvalue weighted by molar-refractivity contribution is 5.73. The number of benzene rings is 1. The first kappa shape index (κ1) is 28.3. The molecule has 1 amide bonds. The Morgan fingerprint density at radius 1 is 0.976 bits per heavy atom. The number of nitrogens with zero attached hydrogens (tertiary/aromatic N) is 1. The van der Waals surface area contributed by atoms with Crippen molar-refractivity contribution in [1.29, 1.82) is 0 Å². The summed E-state index contributed by atoms with van der Waals surface area (Å²) in [6.45, 7) is 14.8. The molecule has 5 saturated carbocycles. The summed E-state index contributed by atoms with van der Waals surface area (Å²) in [7, 11) is 0. The molecule has 0 aromatic heterocycles. The number of carbonyl (C=O) groups is 1. The normalized spacial score (nSPS) is 50.9. The van der Waals surface area contributed by atoms with Gasteiger partial charge in [-0.2, -0.15) is 0 Å². The van der Waals surface area contributed by atoms with E-state index in [0.717, 1.165) is 31.2 Å². The Labute approximate surface area is 247 Å². The highest BCUT2D eigenvalue weighted by atomic mass is 16.5. The van der Waals surface area contributed by atoms with Crippen LogP contribution in [-0.2, 0) is 16.1 Å². The summed E-state index contributed by atoms with van der Waals surface area (Å²) >= 11 is 0. The number of aliphatic hydroxyl groups is 2. The molecule has 1 saturated heterocycles. The summed E-state index contributed by atoms with van der Waals surface area (Å²) in [5.41, 5.74) is 1.65. The van der Waals surface area contributed by atoms with E-state index in [1.807, 2.05) is 23.1 Å². The molecule has 7 unspecified atom stereocenters. The molecule has 6 aliphatic rings. The smallest absolute Gasteiger partial charge is 0.219 e. The molecule has 5 nitrogen and oxygen atoms in total. The van der Waals surface area contributed by atoms with Crippen molar-refractivity contribution in [3.05, 3.63) is 35.9 Å². The van der Waals surface area contributed by atoms with E-state index in [-0.39, 0.29) is 40.5 Å². The van der Waals surface area contributed by atoms with Crippen LogP contribution < -0.4 is 0 Å². The van der Waals surface area contributed by atoms with Gasteiger partial charge in [0.25, 0.3) is 0 Å². The molecule has 5 aliphatic carbocycles. The maximum atomic E-state index is 12.7. The van der Waals surface area contributed by atoms with E-state index < -0.39 is 6.10 Å². The minimum Gasteiger partial charge on any atom is -0.393 e. The predicted molar refractivity (Wildman–Crippen MR) is 160 cm³/mol. The monoisotopic (exact) mass is 563 g/mol. The Morgan fingerprint density at radius 2 is 1.66 bits per heavy atom. The predicted octanol–water partition coefficient (Wildman–Crippen LogP) is 6.21. The SMILES string of the molecule is CC(=O)N(Cc1ccccc1)CC1C[C@@H](C)[C@H]2C(O1)[C@H](O)[C@@]1(C)C3CC[C@H]4C(C)(C)C(O)CCC45CC35CCC21C. The number of aliphatic hydroxyl groups excluding tert-OH is 2. The average Bonchev–Trinajstić information content (AvgIpc) is 3.56. The summed E-state index contributed by atoms with van der Waals surface area (Å²) in [4.78, 5) is 14.6.